The van der Waals surface area contributed by atoms with Crippen molar-refractivity contribution >= 4 is 139 Å². The minimum Gasteiger partial charge on any atom is -0.451 e. The number of benzene rings is 6. The molecule has 2 N–H and O–H groups in total. The summed E-state index contributed by atoms with van der Waals surface area (Å²) in [6.07, 6.45) is 0. The number of hydrogen-bond donors (Lipinski definition) is 2. The number of nitro groups is 2. The molecule has 0 aliphatic carbocycles. The van der Waals surface area contributed by atoms with Gasteiger partial charge < -0.3 is 29.3 Å². The fraction of sp³-hybridized carbons (Fsp3) is 0.264. The Hall–Kier alpha value is -7.75. The molecule has 4 heterocycles. The molecule has 23 nitrogen and oxygen atoms in total. The summed E-state index contributed by atoms with van der Waals surface area (Å²) in [6.45, 7) is 3.67. The molecular weight excluding hydrogens is 1120 g/mol. The number of furan rings is 2. The second kappa shape index (κ2) is 21.0. The third kappa shape index (κ3) is 9.51. The lowest BCUT2D eigenvalue weighted by Gasteiger charge is -2.26. The quantitative estimate of drug-likeness (QED) is 0.0517. The number of hydrogen-bond acceptors (Lipinski definition) is 15. The van der Waals surface area contributed by atoms with Gasteiger partial charge in [-0.3, -0.25) is 29.8 Å². The van der Waals surface area contributed by atoms with Gasteiger partial charge >= 0.3 is 6.03 Å². The monoisotopic (exact) mass is 1170 g/mol. The van der Waals surface area contributed by atoms with Crippen LogP contribution in [0.3, 0.4) is 0 Å². The summed E-state index contributed by atoms with van der Waals surface area (Å²) < 4.78 is 68.6. The van der Waals surface area contributed by atoms with Gasteiger partial charge in [0.15, 0.2) is 11.5 Å². The summed E-state index contributed by atoms with van der Waals surface area (Å²) in [7, 11) is -1.87. The minimum atomic E-state index is -4.08. The standard InChI is InChI=1S/C53H50Cl2N10O13S2/c1-7-62(58(3)4)79(73,74)35-11-13-37-39(21-35)41(64(69)70)23-43-49(37)31(25-54)27-60(43)51(66)47-19-29-17-33(9-15-45(29)77-47)56-53(68)57-34-10-16-46-30(18-34)20-48(78-46)52(67)61-28-32(26-55)50-38-14-12-36(80(75,76)63(8-2)59(5)6)22-40(38)42(65(71)72)24-44(50)61/h9-24,31-32H,7-8,25-28H2,1-6H3,(H2,56,57,68). The van der Waals surface area contributed by atoms with Crippen LogP contribution in [0.25, 0.3) is 43.5 Å². The van der Waals surface area contributed by atoms with Crippen molar-refractivity contribution in [2.75, 3.05) is 86.6 Å². The molecule has 6 aromatic carbocycles. The summed E-state index contributed by atoms with van der Waals surface area (Å²) in [4.78, 5) is 68.3. The van der Waals surface area contributed by atoms with Gasteiger partial charge in [0.1, 0.15) is 11.2 Å². The number of alkyl halides is 2. The SMILES string of the molecule is CCN(N(C)C)S(=O)(=O)c1ccc2c3c(cc([N+](=O)[O-])c2c1)N(C(=O)c1cc2cc(NC(=O)Nc4ccc5oc(C(=O)N6CC(CCl)c7c6cc([N+](=O)[O-])c6cc(S(=O)(=O)N(CC)N(C)C)ccc76)cc5c4)ccc2o1)CC3CCl. The zero-order chi connectivity index (χ0) is 57.4. The molecule has 0 saturated heterocycles. The molecular formula is C53H50Cl2N10O13S2. The third-order valence-electron chi connectivity index (χ3n) is 14.2. The lowest BCUT2D eigenvalue weighted by atomic mass is 9.95. The molecule has 8 aromatic rings. The number of nitrogens with zero attached hydrogens (tertiary/aromatic N) is 8. The van der Waals surface area contributed by atoms with Crippen LogP contribution in [-0.4, -0.2) is 130 Å². The highest BCUT2D eigenvalue weighted by atomic mass is 35.5. The number of carbonyl (C=O) groups excluding carboxylic acids is 3. The maximum absolute atomic E-state index is 14.3. The van der Waals surface area contributed by atoms with E-state index in [-0.39, 0.29) is 81.4 Å². The number of anilines is 4. The van der Waals surface area contributed by atoms with Crippen LogP contribution in [0.5, 0.6) is 0 Å². The average molecular weight is 1170 g/mol. The molecule has 2 atom stereocenters. The molecule has 0 spiro atoms. The highest BCUT2D eigenvalue weighted by Gasteiger charge is 2.40. The fourth-order valence-corrected chi connectivity index (χ4v) is 14.3. The van der Waals surface area contributed by atoms with Crippen LogP contribution in [0, 0.1) is 20.2 Å². The highest BCUT2D eigenvalue weighted by Crippen LogP contribution is 2.49. The van der Waals surface area contributed by atoms with Crippen molar-refractivity contribution in [3.8, 4) is 0 Å². The predicted octanol–water partition coefficient (Wildman–Crippen LogP) is 9.89. The Morgan fingerprint density at radius 1 is 0.588 bits per heavy atom. The molecule has 10 rings (SSSR count). The second-order valence-corrected chi connectivity index (χ2v) is 23.7. The lowest BCUT2D eigenvalue weighted by Crippen LogP contribution is -2.41. The van der Waals surface area contributed by atoms with Crippen molar-refractivity contribution in [3.05, 3.63) is 140 Å². The molecule has 0 radical (unpaired) electrons. The van der Waals surface area contributed by atoms with Gasteiger partial charge in [0.05, 0.1) is 41.8 Å². The van der Waals surface area contributed by atoms with E-state index in [0.29, 0.717) is 55.2 Å². The fourth-order valence-electron chi connectivity index (χ4n) is 10.8. The first-order chi connectivity index (χ1) is 38.0. The van der Waals surface area contributed by atoms with Crippen LogP contribution in [0.1, 0.15) is 57.9 Å². The molecule has 2 aromatic heterocycles. The van der Waals surface area contributed by atoms with Crippen molar-refractivity contribution < 1.29 is 49.9 Å². The number of sulfonamides is 2. The molecule has 2 aliphatic heterocycles. The third-order valence-corrected chi connectivity index (χ3v) is 19.0. The Balaban J connectivity index is 0.861. The number of rotatable bonds is 16. The van der Waals surface area contributed by atoms with Crippen molar-refractivity contribution in [2.24, 2.45) is 0 Å². The van der Waals surface area contributed by atoms with Crippen molar-refractivity contribution in [2.45, 2.75) is 35.5 Å². The molecule has 4 amide bonds. The van der Waals surface area contributed by atoms with Crippen molar-refractivity contribution in [1.82, 2.24) is 18.8 Å². The maximum atomic E-state index is 14.3. The van der Waals surface area contributed by atoms with Gasteiger partial charge in [-0.05, 0) is 109 Å². The molecule has 27 heteroatoms. The van der Waals surface area contributed by atoms with Crippen LogP contribution < -0.4 is 20.4 Å². The number of fused-ring (bicyclic) bond motifs is 8. The normalized spacial score (nSPS) is 15.6. The number of halogens is 2. The number of amides is 4. The van der Waals surface area contributed by atoms with Crippen LogP contribution in [0.15, 0.2) is 116 Å². The molecule has 416 valence electrons. The number of nitro benzene ring substituents is 2. The maximum Gasteiger partial charge on any atom is 0.323 e. The minimum absolute atomic E-state index is 0.0397. The van der Waals surface area contributed by atoms with Gasteiger partial charge in [-0.1, -0.05) is 12.1 Å². The number of urea groups is 1. The van der Waals surface area contributed by atoms with E-state index in [9.17, 15) is 51.4 Å². The molecule has 0 saturated carbocycles. The van der Waals surface area contributed by atoms with Crippen molar-refractivity contribution in [3.63, 3.8) is 0 Å². The Morgan fingerprint density at radius 3 is 1.31 bits per heavy atom. The Morgan fingerprint density at radius 2 is 0.975 bits per heavy atom. The summed E-state index contributed by atoms with van der Waals surface area (Å²) >= 11 is 12.9. The van der Waals surface area contributed by atoms with Gasteiger partial charge in [0.25, 0.3) is 43.2 Å². The van der Waals surface area contributed by atoms with E-state index in [1.54, 1.807) is 78.4 Å². The molecule has 0 bridgehead atoms. The second-order valence-electron chi connectivity index (χ2n) is 19.4. The van der Waals surface area contributed by atoms with Gasteiger partial charge in [-0.15, -0.1) is 32.0 Å². The lowest BCUT2D eigenvalue weighted by molar-refractivity contribution is -0.383. The van der Waals surface area contributed by atoms with Crippen LogP contribution in [0.2, 0.25) is 0 Å². The van der Waals surface area contributed by atoms with E-state index in [0.717, 1.165) is 8.83 Å². The first-order valence-corrected chi connectivity index (χ1v) is 28.8. The Kier molecular flexibility index (Phi) is 14.6. The van der Waals surface area contributed by atoms with Crippen LogP contribution >= 0.6 is 23.2 Å². The first kappa shape index (κ1) is 55.6. The van der Waals surface area contributed by atoms with Gasteiger partial charge in [-0.25, -0.2) is 31.6 Å². The van der Waals surface area contributed by atoms with Gasteiger partial charge in [0.2, 0.25) is 0 Å². The molecule has 0 fully saturated rings. The Labute approximate surface area is 467 Å². The average Bonchev–Trinajstić information content (AvgIpc) is 4.40. The topological polar surface area (TPSA) is 276 Å². The highest BCUT2D eigenvalue weighted by molar-refractivity contribution is 7.89. The summed E-state index contributed by atoms with van der Waals surface area (Å²) in [5.41, 5.74) is 1.98. The van der Waals surface area contributed by atoms with Crippen molar-refractivity contribution in [1.29, 1.82) is 0 Å². The van der Waals surface area contributed by atoms with Crippen LogP contribution in [0.4, 0.5) is 38.9 Å². The van der Waals surface area contributed by atoms with E-state index < -0.39 is 70.9 Å². The van der Waals surface area contributed by atoms with E-state index >= 15 is 0 Å². The summed E-state index contributed by atoms with van der Waals surface area (Å²) in [5.74, 6) is -2.30. The number of hydrazine groups is 2. The largest absolute Gasteiger partial charge is 0.451 e. The predicted molar refractivity (Wildman–Crippen MR) is 303 cm³/mol. The summed E-state index contributed by atoms with van der Waals surface area (Å²) in [6, 6.07) is 22.5. The zero-order valence-electron chi connectivity index (χ0n) is 43.6. The number of carbonyl (C=O) groups is 3. The molecule has 80 heavy (non-hydrogen) atoms. The molecule has 2 unspecified atom stereocenters. The van der Waals surface area contributed by atoms with Gasteiger partial charge in [-0.2, -0.15) is 0 Å². The number of non-ortho nitro benzene ring substituents is 2. The van der Waals surface area contributed by atoms with E-state index in [1.165, 1.54) is 80.5 Å². The first-order valence-electron chi connectivity index (χ1n) is 24.8. The van der Waals surface area contributed by atoms with E-state index in [2.05, 4.69) is 10.6 Å². The Bertz CT molecular complexity index is 3910. The van der Waals surface area contributed by atoms with E-state index in [1.807, 2.05) is 0 Å². The zero-order valence-corrected chi connectivity index (χ0v) is 46.7. The van der Waals surface area contributed by atoms with E-state index in [4.69, 9.17) is 32.0 Å². The number of nitrogens with one attached hydrogen (secondary N) is 2. The summed E-state index contributed by atoms with van der Waals surface area (Å²) in [5, 5.41) is 35.3. The smallest absolute Gasteiger partial charge is 0.323 e. The van der Waals surface area contributed by atoms with Gasteiger partial charge in [0, 0.05) is 112 Å². The van der Waals surface area contributed by atoms with Crippen LogP contribution in [-0.2, 0) is 20.0 Å². The molecule has 2 aliphatic rings.